The third-order valence-electron chi connectivity index (χ3n) is 8.71. The molecule has 3 fully saturated rings. The fourth-order valence-corrected chi connectivity index (χ4v) is 5.99. The first-order valence-electron chi connectivity index (χ1n) is 14.7. The maximum Gasteiger partial charge on any atom is 0.272 e. The molecule has 6 heterocycles. The quantitative estimate of drug-likeness (QED) is 0.469. The summed E-state index contributed by atoms with van der Waals surface area (Å²) in [6.45, 7) is 9.27. The molecule has 2 amide bonds. The minimum absolute atomic E-state index is 0.213. The summed E-state index contributed by atoms with van der Waals surface area (Å²) in [5.41, 5.74) is 4.12. The van der Waals surface area contributed by atoms with Gasteiger partial charge in [-0.15, -0.1) is 0 Å². The molecular weight excluding hydrogens is 526 g/mol. The average Bonchev–Trinajstić information content (AvgIpc) is 3.64. The van der Waals surface area contributed by atoms with Crippen LogP contribution in [0.3, 0.4) is 0 Å². The Bertz CT molecular complexity index is 1270. The number of carbonyl (C=O) groups excluding carboxylic acids is 2. The molecule has 13 nitrogen and oxygen atoms in total. The number of aryl methyl sites for hydroxylation is 1. The molecule has 0 unspecified atom stereocenters. The topological polar surface area (TPSA) is 120 Å². The monoisotopic (exact) mass is 567 g/mol. The Hall–Kier alpha value is -3.26. The first-order chi connectivity index (χ1) is 19.9. The molecule has 4 aliphatic heterocycles. The van der Waals surface area contributed by atoms with Crippen molar-refractivity contribution in [3.63, 3.8) is 0 Å². The number of likely N-dealkylation sites (N-methyl/N-ethyl adjacent to an activating group) is 2. The highest BCUT2D eigenvalue weighted by Gasteiger charge is 2.54. The number of hydrogen-bond acceptors (Lipinski definition) is 10. The predicted molar refractivity (Wildman–Crippen MR) is 154 cm³/mol. The van der Waals surface area contributed by atoms with Gasteiger partial charge in [0.1, 0.15) is 0 Å². The molecule has 2 N–H and O–H groups in total. The maximum absolute atomic E-state index is 14.2. The highest BCUT2D eigenvalue weighted by Crippen LogP contribution is 2.37. The molecule has 0 aromatic carbocycles. The molecule has 2 aromatic rings. The van der Waals surface area contributed by atoms with E-state index in [2.05, 4.69) is 25.7 Å². The number of hydrogen-bond donors (Lipinski definition) is 2. The van der Waals surface area contributed by atoms with Gasteiger partial charge < -0.3 is 29.7 Å². The number of carbonyl (C=O) groups is 2. The Balaban J connectivity index is 1.40. The highest BCUT2D eigenvalue weighted by molar-refractivity contribution is 6.13. The van der Waals surface area contributed by atoms with E-state index in [1.807, 2.05) is 31.9 Å². The van der Waals surface area contributed by atoms with Crippen LogP contribution in [0.25, 0.3) is 16.7 Å². The number of piperazine rings is 2. The van der Waals surface area contributed by atoms with Gasteiger partial charge in [0.05, 0.1) is 23.0 Å². The zero-order chi connectivity index (χ0) is 28.6. The van der Waals surface area contributed by atoms with E-state index in [1.165, 1.54) is 0 Å². The SMILES string of the molecule is CCn1ncc2c(NC3CCOCC3)c(C3=CC(C(=O)N4CCN(C)CC4)(C(=O)N4CCN(C)CC4)ON3)cnc21. The Morgan fingerprint density at radius 3 is 2.17 bits per heavy atom. The summed E-state index contributed by atoms with van der Waals surface area (Å²) in [6.07, 6.45) is 7.03. The van der Waals surface area contributed by atoms with Crippen molar-refractivity contribution in [3.8, 4) is 0 Å². The molecular formula is C28H41N9O4. The molecule has 0 aliphatic carbocycles. The summed E-state index contributed by atoms with van der Waals surface area (Å²) >= 11 is 0. The molecule has 0 atom stereocenters. The van der Waals surface area contributed by atoms with E-state index in [1.54, 1.807) is 22.1 Å². The van der Waals surface area contributed by atoms with Crippen LogP contribution in [0.4, 0.5) is 5.69 Å². The van der Waals surface area contributed by atoms with Gasteiger partial charge in [-0.25, -0.2) is 14.5 Å². The van der Waals surface area contributed by atoms with Gasteiger partial charge in [0, 0.05) is 89.9 Å². The molecule has 3 saturated heterocycles. The lowest BCUT2D eigenvalue weighted by atomic mass is 9.96. The minimum Gasteiger partial charge on any atom is -0.381 e. The van der Waals surface area contributed by atoms with E-state index in [4.69, 9.17) is 14.6 Å². The van der Waals surface area contributed by atoms with Crippen molar-refractivity contribution in [1.29, 1.82) is 0 Å². The number of amides is 2. The molecule has 0 saturated carbocycles. The Morgan fingerprint density at radius 2 is 1.59 bits per heavy atom. The normalized spacial score (nSPS) is 22.6. The van der Waals surface area contributed by atoms with Gasteiger partial charge in [-0.2, -0.15) is 5.10 Å². The Morgan fingerprint density at radius 1 is 0.976 bits per heavy atom. The van der Waals surface area contributed by atoms with Gasteiger partial charge in [-0.3, -0.25) is 15.1 Å². The van der Waals surface area contributed by atoms with Crippen LogP contribution in [0.15, 0.2) is 18.5 Å². The van der Waals surface area contributed by atoms with Crippen LogP contribution in [0, 0.1) is 0 Å². The zero-order valence-corrected chi connectivity index (χ0v) is 24.3. The predicted octanol–water partition coefficient (Wildman–Crippen LogP) is 0.205. The van der Waals surface area contributed by atoms with Crippen LogP contribution < -0.4 is 10.8 Å². The first kappa shape index (κ1) is 27.9. The molecule has 0 radical (unpaired) electrons. The number of hydroxylamine groups is 1. The molecule has 41 heavy (non-hydrogen) atoms. The maximum atomic E-state index is 14.2. The summed E-state index contributed by atoms with van der Waals surface area (Å²) in [5.74, 6) is -0.660. The largest absolute Gasteiger partial charge is 0.381 e. The molecule has 222 valence electrons. The van der Waals surface area contributed by atoms with Gasteiger partial charge in [0.15, 0.2) is 5.65 Å². The summed E-state index contributed by atoms with van der Waals surface area (Å²) in [5, 5.41) is 9.14. The molecule has 0 spiro atoms. The number of nitrogens with one attached hydrogen (secondary N) is 2. The smallest absolute Gasteiger partial charge is 0.272 e. The van der Waals surface area contributed by atoms with Crippen molar-refractivity contribution in [2.24, 2.45) is 0 Å². The van der Waals surface area contributed by atoms with Crippen LogP contribution in [0.1, 0.15) is 25.3 Å². The van der Waals surface area contributed by atoms with Crippen molar-refractivity contribution < 1.29 is 19.2 Å². The lowest BCUT2D eigenvalue weighted by molar-refractivity contribution is -0.172. The second-order valence-electron chi connectivity index (χ2n) is 11.5. The first-order valence-corrected chi connectivity index (χ1v) is 14.7. The van der Waals surface area contributed by atoms with E-state index >= 15 is 0 Å². The molecule has 2 aromatic heterocycles. The number of fused-ring (bicyclic) bond motifs is 1. The number of pyridine rings is 1. The summed E-state index contributed by atoms with van der Waals surface area (Å²) < 4.78 is 7.44. The van der Waals surface area contributed by atoms with Gasteiger partial charge in [-0.05, 0) is 39.9 Å². The van der Waals surface area contributed by atoms with Gasteiger partial charge >= 0.3 is 0 Å². The van der Waals surface area contributed by atoms with Crippen molar-refractivity contribution in [2.75, 3.05) is 85.0 Å². The van der Waals surface area contributed by atoms with E-state index in [-0.39, 0.29) is 17.9 Å². The number of aromatic nitrogens is 3. The Labute approximate surface area is 240 Å². The zero-order valence-electron chi connectivity index (χ0n) is 24.3. The second kappa shape index (κ2) is 11.6. The van der Waals surface area contributed by atoms with Crippen molar-refractivity contribution in [3.05, 3.63) is 24.0 Å². The third kappa shape index (κ3) is 5.27. The number of anilines is 1. The Kier molecular flexibility index (Phi) is 7.86. The third-order valence-corrected chi connectivity index (χ3v) is 8.71. The lowest BCUT2D eigenvalue weighted by Crippen LogP contribution is -2.63. The lowest BCUT2D eigenvalue weighted by Gasteiger charge is -2.40. The number of nitrogens with zero attached hydrogens (tertiary/aromatic N) is 7. The van der Waals surface area contributed by atoms with Crippen LogP contribution in [-0.4, -0.2) is 137 Å². The van der Waals surface area contributed by atoms with Crippen molar-refractivity contribution in [1.82, 2.24) is 39.8 Å². The summed E-state index contributed by atoms with van der Waals surface area (Å²) in [7, 11) is 4.07. The van der Waals surface area contributed by atoms with Crippen LogP contribution in [0.5, 0.6) is 0 Å². The average molecular weight is 568 g/mol. The fourth-order valence-electron chi connectivity index (χ4n) is 5.99. The van der Waals surface area contributed by atoms with Crippen LogP contribution >= 0.6 is 0 Å². The van der Waals surface area contributed by atoms with E-state index in [9.17, 15) is 9.59 Å². The highest BCUT2D eigenvalue weighted by atomic mass is 16.7. The summed E-state index contributed by atoms with van der Waals surface area (Å²) in [4.78, 5) is 47.1. The van der Waals surface area contributed by atoms with Crippen LogP contribution in [-0.2, 0) is 25.7 Å². The van der Waals surface area contributed by atoms with Gasteiger partial charge in [-0.1, -0.05) is 0 Å². The summed E-state index contributed by atoms with van der Waals surface area (Å²) in [6, 6.07) is 0.213. The number of rotatable bonds is 6. The molecule has 13 heteroatoms. The van der Waals surface area contributed by atoms with Crippen molar-refractivity contribution >= 4 is 34.2 Å². The van der Waals surface area contributed by atoms with Gasteiger partial charge in [0.2, 0.25) is 0 Å². The van der Waals surface area contributed by atoms with E-state index in [0.717, 1.165) is 61.3 Å². The minimum atomic E-state index is -1.79. The van der Waals surface area contributed by atoms with E-state index in [0.29, 0.717) is 51.6 Å². The second-order valence-corrected chi connectivity index (χ2v) is 11.5. The fraction of sp³-hybridized carbons (Fsp3) is 0.643. The molecule has 4 aliphatic rings. The van der Waals surface area contributed by atoms with Gasteiger partial charge in [0.25, 0.3) is 17.4 Å². The number of ether oxygens (including phenoxy) is 1. The van der Waals surface area contributed by atoms with Crippen LogP contribution in [0.2, 0.25) is 0 Å². The molecule has 6 rings (SSSR count). The van der Waals surface area contributed by atoms with Crippen molar-refractivity contribution in [2.45, 2.75) is 38.0 Å². The van der Waals surface area contributed by atoms with E-state index < -0.39 is 5.60 Å². The molecule has 0 bridgehead atoms. The standard InChI is InChI=1S/C28H41N9O4/c1-4-37-25-22(19-30-37)24(31-20-5-15-40-16-6-20)21(18-29-25)23-17-28(41-32-23,26(38)35-11-7-33(2)8-12-35)27(39)36-13-9-34(3)10-14-36/h17-20,32H,4-16H2,1-3H3,(H,29,31).